The summed E-state index contributed by atoms with van der Waals surface area (Å²) >= 11 is 3.33. The molecule has 0 bridgehead atoms. The first-order valence-electron chi connectivity index (χ1n) is 9.49. The Kier molecular flexibility index (Phi) is 5.90. The van der Waals surface area contributed by atoms with E-state index in [4.69, 9.17) is 4.74 Å². The van der Waals surface area contributed by atoms with Gasteiger partial charge in [0, 0.05) is 35.3 Å². The van der Waals surface area contributed by atoms with Crippen LogP contribution in [0.5, 0.6) is 0 Å². The minimum absolute atomic E-state index is 0.0155. The fourth-order valence-corrected chi connectivity index (χ4v) is 5.57. The highest BCUT2D eigenvalue weighted by atomic mass is 32.1. The van der Waals surface area contributed by atoms with Crippen molar-refractivity contribution in [3.8, 4) is 0 Å². The lowest BCUT2D eigenvalue weighted by atomic mass is 9.87. The number of hydrogen-bond donors (Lipinski definition) is 1. The smallest absolute Gasteiger partial charge is 0.264 e. The van der Waals surface area contributed by atoms with Crippen molar-refractivity contribution >= 4 is 34.5 Å². The average molecular weight is 405 g/mol. The zero-order valence-corrected chi connectivity index (χ0v) is 16.9. The minimum Gasteiger partial charge on any atom is -0.378 e. The number of morpholine rings is 1. The second-order valence-corrected chi connectivity index (χ2v) is 9.19. The third-order valence-electron chi connectivity index (χ3n) is 5.21. The lowest BCUT2D eigenvalue weighted by Crippen LogP contribution is -2.40. The van der Waals surface area contributed by atoms with E-state index in [1.165, 1.54) is 15.3 Å². The molecular formula is C20H24N2O3S2. The number of carbonyl (C=O) groups is 2. The topological polar surface area (TPSA) is 58.6 Å². The van der Waals surface area contributed by atoms with Crippen molar-refractivity contribution in [2.75, 3.05) is 32.8 Å². The largest absolute Gasteiger partial charge is 0.378 e. The van der Waals surface area contributed by atoms with Crippen LogP contribution < -0.4 is 5.32 Å². The highest BCUT2D eigenvalue weighted by Gasteiger charge is 2.28. The van der Waals surface area contributed by atoms with Crippen molar-refractivity contribution in [3.05, 3.63) is 43.8 Å². The number of ether oxygens (including phenoxy) is 1. The Hall–Kier alpha value is -1.70. The van der Waals surface area contributed by atoms with Crippen LogP contribution in [0.3, 0.4) is 0 Å². The van der Waals surface area contributed by atoms with Gasteiger partial charge in [-0.1, -0.05) is 6.07 Å². The van der Waals surface area contributed by atoms with Crippen LogP contribution in [0.4, 0.5) is 0 Å². The lowest BCUT2D eigenvalue weighted by molar-refractivity contribution is -0.125. The number of nitrogens with one attached hydrogen (secondary N) is 1. The number of rotatable bonds is 5. The van der Waals surface area contributed by atoms with Gasteiger partial charge >= 0.3 is 0 Å². The molecule has 1 N–H and O–H groups in total. The van der Waals surface area contributed by atoms with E-state index in [-0.39, 0.29) is 17.7 Å². The summed E-state index contributed by atoms with van der Waals surface area (Å²) in [6, 6.07) is 6.15. The van der Waals surface area contributed by atoms with E-state index in [1.54, 1.807) is 22.7 Å². The molecule has 2 amide bonds. The second-order valence-electron chi connectivity index (χ2n) is 7.02. The summed E-state index contributed by atoms with van der Waals surface area (Å²) < 4.78 is 5.33. The van der Waals surface area contributed by atoms with Gasteiger partial charge in [-0.3, -0.25) is 9.59 Å². The van der Waals surface area contributed by atoms with E-state index in [2.05, 4.69) is 16.8 Å². The molecular weight excluding hydrogens is 380 g/mol. The molecule has 0 saturated carbocycles. The van der Waals surface area contributed by atoms with Crippen molar-refractivity contribution in [1.29, 1.82) is 0 Å². The van der Waals surface area contributed by atoms with Crippen LogP contribution in [-0.2, 0) is 28.8 Å². The van der Waals surface area contributed by atoms with Gasteiger partial charge in [-0.2, -0.15) is 0 Å². The Labute approximate surface area is 167 Å². The first-order chi connectivity index (χ1) is 13.2. The van der Waals surface area contributed by atoms with E-state index in [9.17, 15) is 9.59 Å². The molecule has 7 heteroatoms. The predicted molar refractivity (Wildman–Crippen MR) is 108 cm³/mol. The molecule has 4 rings (SSSR count). The summed E-state index contributed by atoms with van der Waals surface area (Å²) in [4.78, 5) is 30.5. The van der Waals surface area contributed by atoms with Crippen LogP contribution in [0.15, 0.2) is 23.6 Å². The number of fused-ring (bicyclic) bond motifs is 1. The predicted octanol–water partition coefficient (Wildman–Crippen LogP) is 2.75. The van der Waals surface area contributed by atoms with Gasteiger partial charge in [-0.15, -0.1) is 22.7 Å². The molecule has 0 radical (unpaired) electrons. The summed E-state index contributed by atoms with van der Waals surface area (Å²) in [5.41, 5.74) is 1.18. The van der Waals surface area contributed by atoms with Gasteiger partial charge in [-0.05, 0) is 48.8 Å². The Morgan fingerprint density at radius 2 is 2.15 bits per heavy atom. The van der Waals surface area contributed by atoms with Crippen LogP contribution in [0.2, 0.25) is 0 Å². The number of carbonyl (C=O) groups excluding carboxylic acids is 2. The molecule has 1 aliphatic heterocycles. The molecule has 1 aliphatic carbocycles. The van der Waals surface area contributed by atoms with Crippen LogP contribution in [0.1, 0.15) is 31.4 Å². The van der Waals surface area contributed by atoms with Crippen LogP contribution in [0.25, 0.3) is 0 Å². The molecule has 0 unspecified atom stereocenters. The standard InChI is InChI=1S/C20H24N2O3S2/c23-19(21-6-5-16-2-1-11-26-16)14-3-4-17-15(12-14)13-18(27-17)20(24)22-7-9-25-10-8-22/h1-2,11,13-14H,3-10,12H2,(H,21,23)/t14-/m1/s1. The quantitative estimate of drug-likeness (QED) is 0.834. The van der Waals surface area contributed by atoms with Crippen molar-refractivity contribution < 1.29 is 14.3 Å². The summed E-state index contributed by atoms with van der Waals surface area (Å²) in [6.07, 6.45) is 3.38. The second kappa shape index (κ2) is 8.54. The number of nitrogens with zero attached hydrogens (tertiary/aromatic N) is 1. The van der Waals surface area contributed by atoms with Gasteiger partial charge in [0.15, 0.2) is 0 Å². The third-order valence-corrected chi connectivity index (χ3v) is 7.37. The van der Waals surface area contributed by atoms with Crippen molar-refractivity contribution in [2.45, 2.75) is 25.7 Å². The molecule has 1 saturated heterocycles. The highest BCUT2D eigenvalue weighted by Crippen LogP contribution is 2.33. The van der Waals surface area contributed by atoms with Gasteiger partial charge in [0.1, 0.15) is 0 Å². The molecule has 3 heterocycles. The van der Waals surface area contributed by atoms with Gasteiger partial charge in [-0.25, -0.2) is 0 Å². The normalized spacial score (nSPS) is 19.6. The van der Waals surface area contributed by atoms with E-state index >= 15 is 0 Å². The number of aryl methyl sites for hydroxylation is 1. The van der Waals surface area contributed by atoms with Gasteiger partial charge in [0.2, 0.25) is 5.91 Å². The van der Waals surface area contributed by atoms with Gasteiger partial charge < -0.3 is 15.0 Å². The SMILES string of the molecule is O=C(NCCc1cccs1)[C@@H]1CCc2sc(C(=O)N3CCOCC3)cc2C1. The van der Waals surface area contributed by atoms with E-state index in [0.29, 0.717) is 32.8 Å². The molecule has 2 aliphatic rings. The first kappa shape index (κ1) is 18.7. The summed E-state index contributed by atoms with van der Waals surface area (Å²) in [6.45, 7) is 3.25. The maximum atomic E-state index is 12.7. The molecule has 0 spiro atoms. The number of thiophene rings is 2. The Morgan fingerprint density at radius 1 is 1.30 bits per heavy atom. The van der Waals surface area contributed by atoms with Crippen molar-refractivity contribution in [1.82, 2.24) is 10.2 Å². The minimum atomic E-state index is 0.0155. The molecule has 144 valence electrons. The maximum Gasteiger partial charge on any atom is 0.264 e. The van der Waals surface area contributed by atoms with Crippen molar-refractivity contribution in [3.63, 3.8) is 0 Å². The highest BCUT2D eigenvalue weighted by molar-refractivity contribution is 7.14. The molecule has 2 aromatic rings. The summed E-state index contributed by atoms with van der Waals surface area (Å²) in [7, 11) is 0. The van der Waals surface area contributed by atoms with E-state index in [1.807, 2.05) is 17.0 Å². The zero-order chi connectivity index (χ0) is 18.6. The van der Waals surface area contributed by atoms with Crippen molar-refractivity contribution in [2.24, 2.45) is 5.92 Å². The summed E-state index contributed by atoms with van der Waals surface area (Å²) in [5.74, 6) is 0.265. The number of amides is 2. The first-order valence-corrected chi connectivity index (χ1v) is 11.2. The maximum absolute atomic E-state index is 12.7. The molecule has 5 nitrogen and oxygen atoms in total. The molecule has 2 aromatic heterocycles. The van der Waals surface area contributed by atoms with Crippen LogP contribution >= 0.6 is 22.7 Å². The monoisotopic (exact) mass is 404 g/mol. The van der Waals surface area contributed by atoms with E-state index in [0.717, 1.165) is 30.6 Å². The Morgan fingerprint density at radius 3 is 2.93 bits per heavy atom. The molecule has 0 aromatic carbocycles. The fourth-order valence-electron chi connectivity index (χ4n) is 3.68. The van der Waals surface area contributed by atoms with E-state index < -0.39 is 0 Å². The average Bonchev–Trinajstić information content (AvgIpc) is 3.37. The zero-order valence-electron chi connectivity index (χ0n) is 15.2. The third kappa shape index (κ3) is 4.42. The number of hydrogen-bond acceptors (Lipinski definition) is 5. The molecule has 1 fully saturated rings. The lowest BCUT2D eigenvalue weighted by Gasteiger charge is -2.26. The van der Waals surface area contributed by atoms with Crippen LogP contribution in [0, 0.1) is 5.92 Å². The van der Waals surface area contributed by atoms with Gasteiger partial charge in [0.25, 0.3) is 5.91 Å². The Balaban J connectivity index is 1.33. The van der Waals surface area contributed by atoms with Crippen LogP contribution in [-0.4, -0.2) is 49.6 Å². The Bertz CT molecular complexity index is 794. The fraction of sp³-hybridized carbons (Fsp3) is 0.500. The summed E-state index contributed by atoms with van der Waals surface area (Å²) in [5, 5.41) is 5.15. The molecule has 27 heavy (non-hydrogen) atoms. The van der Waals surface area contributed by atoms with Gasteiger partial charge in [0.05, 0.1) is 18.1 Å². The molecule has 1 atom stereocenters.